The van der Waals surface area contributed by atoms with E-state index in [9.17, 15) is 13.2 Å². The second-order valence-corrected chi connectivity index (χ2v) is 4.11. The largest absolute Gasteiger partial charge is 0.390 e. The van der Waals surface area contributed by atoms with Crippen LogP contribution in [0.3, 0.4) is 0 Å². The van der Waals surface area contributed by atoms with Crippen LogP contribution in [0.2, 0.25) is 0 Å². The van der Waals surface area contributed by atoms with Crippen LogP contribution in [0.4, 0.5) is 24.8 Å². The monoisotopic (exact) mass is 262 g/mol. The van der Waals surface area contributed by atoms with Crippen molar-refractivity contribution < 1.29 is 13.2 Å². The van der Waals surface area contributed by atoms with E-state index in [0.717, 1.165) is 0 Å². The number of rotatable bonds is 4. The van der Waals surface area contributed by atoms with Crippen molar-refractivity contribution in [2.24, 2.45) is 0 Å². The highest BCUT2D eigenvalue weighted by molar-refractivity contribution is 5.56. The zero-order valence-corrected chi connectivity index (χ0v) is 10.7. The first-order chi connectivity index (χ1) is 8.24. The third-order valence-corrected chi connectivity index (χ3v) is 2.61. The van der Waals surface area contributed by atoms with E-state index in [1.54, 1.807) is 14.0 Å². The summed E-state index contributed by atoms with van der Waals surface area (Å²) < 4.78 is 36.5. The fourth-order valence-electron chi connectivity index (χ4n) is 1.50. The summed E-state index contributed by atoms with van der Waals surface area (Å²) in [7, 11) is 1.57. The maximum Gasteiger partial charge on any atom is 0.390 e. The highest BCUT2D eigenvalue weighted by Crippen LogP contribution is 2.24. The Morgan fingerprint density at radius 1 is 1.28 bits per heavy atom. The lowest BCUT2D eigenvalue weighted by atomic mass is 10.2. The van der Waals surface area contributed by atoms with Crippen LogP contribution >= 0.6 is 0 Å². The molecule has 102 valence electrons. The lowest BCUT2D eigenvalue weighted by molar-refractivity contribution is -0.132. The molecule has 1 aromatic rings. The van der Waals surface area contributed by atoms with E-state index in [4.69, 9.17) is 5.73 Å². The van der Waals surface area contributed by atoms with Crippen molar-refractivity contribution in [3.63, 3.8) is 0 Å². The van der Waals surface area contributed by atoms with Gasteiger partial charge in [-0.25, -0.2) is 9.97 Å². The van der Waals surface area contributed by atoms with Gasteiger partial charge in [0, 0.05) is 25.6 Å². The molecular formula is C11H17F3N4. The molecule has 18 heavy (non-hydrogen) atoms. The molecule has 4 nitrogen and oxygen atoms in total. The van der Waals surface area contributed by atoms with Gasteiger partial charge in [0.05, 0.1) is 6.42 Å². The number of aryl methyl sites for hydroxylation is 1. The molecule has 0 aliphatic rings. The first-order valence-corrected chi connectivity index (χ1v) is 5.65. The van der Waals surface area contributed by atoms with E-state index in [2.05, 4.69) is 9.97 Å². The minimum atomic E-state index is -4.17. The molecule has 0 radical (unpaired) electrons. The highest BCUT2D eigenvalue weighted by atomic mass is 19.4. The summed E-state index contributed by atoms with van der Waals surface area (Å²) >= 11 is 0. The van der Waals surface area contributed by atoms with Crippen molar-refractivity contribution in [1.82, 2.24) is 9.97 Å². The summed E-state index contributed by atoms with van der Waals surface area (Å²) in [6.07, 6.45) is -4.47. The van der Waals surface area contributed by atoms with Crippen molar-refractivity contribution in [3.8, 4) is 0 Å². The van der Waals surface area contributed by atoms with E-state index >= 15 is 0 Å². The molecule has 0 aliphatic carbocycles. The second-order valence-electron chi connectivity index (χ2n) is 4.11. The number of nitrogen functional groups attached to an aromatic ring is 1. The first kappa shape index (κ1) is 14.5. The minimum absolute atomic E-state index is 0.149. The van der Waals surface area contributed by atoms with Gasteiger partial charge in [0.25, 0.3) is 0 Å². The molecule has 1 aromatic heterocycles. The molecule has 0 unspecified atom stereocenters. The van der Waals surface area contributed by atoms with Gasteiger partial charge in [-0.15, -0.1) is 0 Å². The predicted octanol–water partition coefficient (Wildman–Crippen LogP) is 2.32. The fourth-order valence-corrected chi connectivity index (χ4v) is 1.50. The Morgan fingerprint density at radius 2 is 1.89 bits per heavy atom. The second kappa shape index (κ2) is 5.41. The lowest BCUT2D eigenvalue weighted by Crippen LogP contribution is -2.26. The number of aromatic nitrogens is 2. The van der Waals surface area contributed by atoms with Crippen LogP contribution in [0, 0.1) is 6.92 Å². The molecule has 0 aromatic carbocycles. The summed E-state index contributed by atoms with van der Waals surface area (Å²) in [5, 5.41) is 0. The topological polar surface area (TPSA) is 55.0 Å². The van der Waals surface area contributed by atoms with E-state index in [1.165, 1.54) is 4.90 Å². The normalized spacial score (nSPS) is 11.7. The van der Waals surface area contributed by atoms with E-state index in [1.807, 2.05) is 6.92 Å². The lowest BCUT2D eigenvalue weighted by Gasteiger charge is -2.22. The van der Waals surface area contributed by atoms with Gasteiger partial charge >= 0.3 is 6.18 Å². The summed E-state index contributed by atoms with van der Waals surface area (Å²) in [6, 6.07) is 0. The van der Waals surface area contributed by atoms with Gasteiger partial charge in [-0.2, -0.15) is 13.2 Å². The smallest absolute Gasteiger partial charge is 0.383 e. The van der Waals surface area contributed by atoms with Crippen LogP contribution in [0.5, 0.6) is 0 Å². The molecule has 0 fully saturated rings. The third kappa shape index (κ3) is 3.75. The summed E-state index contributed by atoms with van der Waals surface area (Å²) in [5.74, 6) is 1.31. The molecule has 0 spiro atoms. The number of nitrogens with zero attached hydrogens (tertiary/aromatic N) is 3. The van der Waals surface area contributed by atoms with Crippen molar-refractivity contribution >= 4 is 11.6 Å². The van der Waals surface area contributed by atoms with E-state index in [0.29, 0.717) is 29.4 Å². The number of hydrogen-bond donors (Lipinski definition) is 1. The maximum atomic E-state index is 12.2. The Balaban J connectivity index is 2.91. The molecule has 0 atom stereocenters. The van der Waals surface area contributed by atoms with E-state index < -0.39 is 12.6 Å². The molecule has 1 rings (SSSR count). The quantitative estimate of drug-likeness (QED) is 0.904. The summed E-state index contributed by atoms with van der Waals surface area (Å²) in [4.78, 5) is 9.74. The van der Waals surface area contributed by atoms with E-state index in [-0.39, 0.29) is 6.54 Å². The molecule has 0 saturated carbocycles. The average Bonchev–Trinajstić information content (AvgIpc) is 2.28. The van der Waals surface area contributed by atoms with Crippen LogP contribution in [-0.4, -0.2) is 29.7 Å². The van der Waals surface area contributed by atoms with Gasteiger partial charge in [-0.1, -0.05) is 6.92 Å². The Bertz CT molecular complexity index is 417. The zero-order valence-electron chi connectivity index (χ0n) is 10.7. The molecule has 0 amide bonds. The molecular weight excluding hydrogens is 245 g/mol. The Morgan fingerprint density at radius 3 is 2.39 bits per heavy atom. The van der Waals surface area contributed by atoms with Gasteiger partial charge in [0.15, 0.2) is 0 Å². The Kier molecular flexibility index (Phi) is 4.37. The van der Waals surface area contributed by atoms with Crippen molar-refractivity contribution in [2.75, 3.05) is 24.2 Å². The highest BCUT2D eigenvalue weighted by Gasteiger charge is 2.27. The third-order valence-electron chi connectivity index (χ3n) is 2.61. The first-order valence-electron chi connectivity index (χ1n) is 5.65. The number of alkyl halides is 3. The molecule has 0 aliphatic heterocycles. The van der Waals surface area contributed by atoms with Crippen molar-refractivity contribution in [3.05, 3.63) is 11.4 Å². The minimum Gasteiger partial charge on any atom is -0.383 e. The van der Waals surface area contributed by atoms with Gasteiger partial charge in [-0.05, 0) is 6.92 Å². The molecule has 0 bridgehead atoms. The maximum absolute atomic E-state index is 12.2. The van der Waals surface area contributed by atoms with Crippen LogP contribution in [-0.2, 0) is 6.42 Å². The summed E-state index contributed by atoms with van der Waals surface area (Å²) in [5.41, 5.74) is 6.32. The Hall–Kier alpha value is -1.53. The van der Waals surface area contributed by atoms with Gasteiger partial charge in [0.1, 0.15) is 17.5 Å². The molecule has 1 heterocycles. The number of nitrogens with two attached hydrogens (primary N) is 1. The van der Waals surface area contributed by atoms with Crippen LogP contribution in [0.15, 0.2) is 0 Å². The number of anilines is 2. The zero-order chi connectivity index (χ0) is 13.9. The van der Waals surface area contributed by atoms with Crippen LogP contribution in [0.1, 0.15) is 24.7 Å². The molecule has 2 N–H and O–H groups in total. The molecule has 0 saturated heterocycles. The number of hydrogen-bond acceptors (Lipinski definition) is 4. The fraction of sp³-hybridized carbons (Fsp3) is 0.636. The van der Waals surface area contributed by atoms with Crippen molar-refractivity contribution in [1.29, 1.82) is 0 Å². The van der Waals surface area contributed by atoms with Gasteiger partial charge < -0.3 is 10.6 Å². The SMILES string of the molecule is CCc1nc(N)c(C)c(N(C)CCC(F)(F)F)n1. The van der Waals surface area contributed by atoms with Gasteiger partial charge in [0.2, 0.25) is 0 Å². The summed E-state index contributed by atoms with van der Waals surface area (Å²) in [6.45, 7) is 3.42. The van der Waals surface area contributed by atoms with Crippen LogP contribution in [0.25, 0.3) is 0 Å². The van der Waals surface area contributed by atoms with Crippen LogP contribution < -0.4 is 10.6 Å². The Labute approximate surface area is 104 Å². The molecule has 7 heteroatoms. The predicted molar refractivity (Wildman–Crippen MR) is 64.5 cm³/mol. The van der Waals surface area contributed by atoms with Crippen molar-refractivity contribution in [2.45, 2.75) is 32.9 Å². The number of halogens is 3. The standard InChI is InChI=1S/C11H17F3N4/c1-4-8-16-9(15)7(2)10(17-8)18(3)6-5-11(12,13)14/h4-6H2,1-3H3,(H2,15,16,17). The van der Waals surface area contributed by atoms with Gasteiger partial charge in [-0.3, -0.25) is 0 Å². The average molecular weight is 262 g/mol.